The molecule has 20 heavy (non-hydrogen) atoms. The molecule has 3 N–H and O–H groups in total. The lowest BCUT2D eigenvalue weighted by Crippen LogP contribution is -2.55. The highest BCUT2D eigenvalue weighted by molar-refractivity contribution is 5.13. The van der Waals surface area contributed by atoms with Gasteiger partial charge in [0.2, 0.25) is 0 Å². The van der Waals surface area contributed by atoms with Gasteiger partial charge in [0, 0.05) is 25.3 Å². The monoisotopic (exact) mass is 280 g/mol. The fraction of sp³-hybridized carbons (Fsp3) is 0.800. The third kappa shape index (κ3) is 3.05. The Labute approximate surface area is 121 Å². The highest BCUT2D eigenvalue weighted by Gasteiger charge is 2.42. The lowest BCUT2D eigenvalue weighted by atomic mass is 9.89. The second-order valence-electron chi connectivity index (χ2n) is 5.72. The van der Waals surface area contributed by atoms with Crippen molar-refractivity contribution in [1.82, 2.24) is 15.2 Å². The molecule has 1 aliphatic carbocycles. The van der Waals surface area contributed by atoms with Gasteiger partial charge in [0.25, 0.3) is 0 Å². The van der Waals surface area contributed by atoms with Crippen LogP contribution in [-0.2, 0) is 17.7 Å². The van der Waals surface area contributed by atoms with Crippen LogP contribution in [-0.4, -0.2) is 28.0 Å². The van der Waals surface area contributed by atoms with Crippen LogP contribution in [0.15, 0.2) is 6.07 Å². The van der Waals surface area contributed by atoms with Gasteiger partial charge < -0.3 is 4.74 Å². The SMILES string of the molecule is CCOC1(C(Cc2cc(C)nn2CC)NN)CCCC1. The zero-order valence-corrected chi connectivity index (χ0v) is 13.0. The van der Waals surface area contributed by atoms with Crippen LogP contribution in [0.5, 0.6) is 0 Å². The Hall–Kier alpha value is -0.910. The smallest absolute Gasteiger partial charge is 0.0851 e. The van der Waals surface area contributed by atoms with Crippen LogP contribution in [0.2, 0.25) is 0 Å². The second-order valence-corrected chi connectivity index (χ2v) is 5.72. The van der Waals surface area contributed by atoms with Crippen molar-refractivity contribution in [3.05, 3.63) is 17.5 Å². The van der Waals surface area contributed by atoms with Crippen LogP contribution in [0.1, 0.15) is 50.9 Å². The van der Waals surface area contributed by atoms with Gasteiger partial charge in [-0.3, -0.25) is 16.0 Å². The van der Waals surface area contributed by atoms with E-state index in [1.54, 1.807) is 0 Å². The lowest BCUT2D eigenvalue weighted by molar-refractivity contribution is -0.0617. The van der Waals surface area contributed by atoms with E-state index in [0.29, 0.717) is 0 Å². The molecule has 1 fully saturated rings. The minimum absolute atomic E-state index is 0.111. The van der Waals surface area contributed by atoms with E-state index < -0.39 is 0 Å². The van der Waals surface area contributed by atoms with E-state index in [2.05, 4.69) is 35.1 Å². The molecule has 0 radical (unpaired) electrons. The van der Waals surface area contributed by atoms with Crippen molar-refractivity contribution < 1.29 is 4.74 Å². The summed E-state index contributed by atoms with van der Waals surface area (Å²) in [4.78, 5) is 0. The molecule has 1 heterocycles. The number of hydrogen-bond donors (Lipinski definition) is 2. The van der Waals surface area contributed by atoms with Gasteiger partial charge in [0.05, 0.1) is 17.3 Å². The van der Waals surface area contributed by atoms with E-state index >= 15 is 0 Å². The molecule has 5 heteroatoms. The molecule has 0 spiro atoms. The molecule has 0 amide bonds. The largest absolute Gasteiger partial charge is 0.374 e. The molecule has 0 aromatic carbocycles. The average molecular weight is 280 g/mol. The van der Waals surface area contributed by atoms with Crippen LogP contribution >= 0.6 is 0 Å². The first-order valence-corrected chi connectivity index (χ1v) is 7.78. The van der Waals surface area contributed by atoms with Gasteiger partial charge in [0.15, 0.2) is 0 Å². The summed E-state index contributed by atoms with van der Waals surface area (Å²) in [5.41, 5.74) is 5.20. The fourth-order valence-electron chi connectivity index (χ4n) is 3.50. The van der Waals surface area contributed by atoms with E-state index in [0.717, 1.165) is 38.1 Å². The summed E-state index contributed by atoms with van der Waals surface area (Å²) in [5.74, 6) is 5.85. The first kappa shape index (κ1) is 15.5. The van der Waals surface area contributed by atoms with Crippen molar-refractivity contribution in [2.75, 3.05) is 6.61 Å². The molecule has 1 aliphatic rings. The van der Waals surface area contributed by atoms with Crippen LogP contribution in [0.3, 0.4) is 0 Å². The summed E-state index contributed by atoms with van der Waals surface area (Å²) < 4.78 is 8.19. The molecule has 1 unspecified atom stereocenters. The Morgan fingerprint density at radius 1 is 1.45 bits per heavy atom. The standard InChI is InChI=1S/C15H28N4O/c1-4-19-13(10-12(3)18-19)11-14(17-16)15(20-5-2)8-6-7-9-15/h10,14,17H,4-9,11,16H2,1-3H3. The molecule has 1 aromatic heterocycles. The predicted molar refractivity (Wildman–Crippen MR) is 80.3 cm³/mol. The summed E-state index contributed by atoms with van der Waals surface area (Å²) in [5, 5.41) is 4.52. The third-order valence-electron chi connectivity index (χ3n) is 4.42. The molecule has 0 aliphatic heterocycles. The van der Waals surface area contributed by atoms with Crippen LogP contribution < -0.4 is 11.3 Å². The molecule has 1 aromatic rings. The Bertz CT molecular complexity index is 424. The summed E-state index contributed by atoms with van der Waals surface area (Å²) in [6.07, 6.45) is 5.50. The highest BCUT2D eigenvalue weighted by atomic mass is 16.5. The van der Waals surface area contributed by atoms with Crippen molar-refractivity contribution in [3.63, 3.8) is 0 Å². The van der Waals surface area contributed by atoms with E-state index in [9.17, 15) is 0 Å². The number of rotatable bonds is 7. The number of nitrogens with one attached hydrogen (secondary N) is 1. The van der Waals surface area contributed by atoms with E-state index in [-0.39, 0.29) is 11.6 Å². The fourth-order valence-corrected chi connectivity index (χ4v) is 3.50. The van der Waals surface area contributed by atoms with Gasteiger partial charge in [-0.15, -0.1) is 0 Å². The molecule has 1 saturated carbocycles. The van der Waals surface area contributed by atoms with Gasteiger partial charge in [-0.25, -0.2) is 0 Å². The third-order valence-corrected chi connectivity index (χ3v) is 4.42. The summed E-state index contributed by atoms with van der Waals surface area (Å²) >= 11 is 0. The number of aryl methyl sites for hydroxylation is 2. The molecule has 0 saturated heterocycles. The minimum atomic E-state index is -0.111. The zero-order chi connectivity index (χ0) is 14.6. The maximum absolute atomic E-state index is 6.12. The average Bonchev–Trinajstić information content (AvgIpc) is 3.03. The Balaban J connectivity index is 2.18. The van der Waals surface area contributed by atoms with Gasteiger partial charge in [0.1, 0.15) is 0 Å². The molecule has 2 rings (SSSR count). The minimum Gasteiger partial charge on any atom is -0.374 e. The van der Waals surface area contributed by atoms with E-state index in [1.807, 2.05) is 6.92 Å². The summed E-state index contributed by atoms with van der Waals surface area (Å²) in [7, 11) is 0. The topological polar surface area (TPSA) is 65.1 Å². The number of nitrogens with zero attached hydrogens (tertiary/aromatic N) is 2. The maximum atomic E-state index is 6.12. The molecule has 0 bridgehead atoms. The zero-order valence-electron chi connectivity index (χ0n) is 13.0. The van der Waals surface area contributed by atoms with Crippen molar-refractivity contribution in [3.8, 4) is 0 Å². The molecule has 114 valence electrons. The normalized spacial score (nSPS) is 19.4. The van der Waals surface area contributed by atoms with E-state index in [1.165, 1.54) is 18.5 Å². The molecule has 1 atom stereocenters. The first-order valence-electron chi connectivity index (χ1n) is 7.78. The van der Waals surface area contributed by atoms with Crippen molar-refractivity contribution >= 4 is 0 Å². The maximum Gasteiger partial charge on any atom is 0.0851 e. The number of nitrogens with two attached hydrogens (primary N) is 1. The van der Waals surface area contributed by atoms with Gasteiger partial charge in [-0.2, -0.15) is 5.10 Å². The number of aromatic nitrogens is 2. The van der Waals surface area contributed by atoms with Crippen LogP contribution in [0.25, 0.3) is 0 Å². The number of ether oxygens (including phenoxy) is 1. The van der Waals surface area contributed by atoms with Crippen molar-refractivity contribution in [2.45, 2.75) is 71.1 Å². The quantitative estimate of drug-likeness (QED) is 0.592. The molecular weight excluding hydrogens is 252 g/mol. The predicted octanol–water partition coefficient (Wildman–Crippen LogP) is 1.94. The summed E-state index contributed by atoms with van der Waals surface area (Å²) in [6.45, 7) is 7.85. The Morgan fingerprint density at radius 3 is 2.70 bits per heavy atom. The Morgan fingerprint density at radius 2 is 2.15 bits per heavy atom. The van der Waals surface area contributed by atoms with Crippen LogP contribution in [0.4, 0.5) is 0 Å². The molecule has 5 nitrogen and oxygen atoms in total. The lowest BCUT2D eigenvalue weighted by Gasteiger charge is -2.37. The summed E-state index contributed by atoms with van der Waals surface area (Å²) in [6, 6.07) is 2.30. The van der Waals surface area contributed by atoms with Crippen LogP contribution in [0, 0.1) is 6.92 Å². The van der Waals surface area contributed by atoms with E-state index in [4.69, 9.17) is 10.6 Å². The van der Waals surface area contributed by atoms with Gasteiger partial charge in [-0.1, -0.05) is 12.8 Å². The van der Waals surface area contributed by atoms with Crippen molar-refractivity contribution in [2.24, 2.45) is 5.84 Å². The number of hydrogen-bond acceptors (Lipinski definition) is 4. The van der Waals surface area contributed by atoms with Crippen molar-refractivity contribution in [1.29, 1.82) is 0 Å². The van der Waals surface area contributed by atoms with Gasteiger partial charge >= 0.3 is 0 Å². The molecular formula is C15H28N4O. The first-order chi connectivity index (χ1) is 9.65. The second kappa shape index (κ2) is 6.70. The Kier molecular flexibility index (Phi) is 5.18. The number of hydrazine groups is 1. The van der Waals surface area contributed by atoms with Gasteiger partial charge in [-0.05, 0) is 39.7 Å². The highest BCUT2D eigenvalue weighted by Crippen LogP contribution is 2.37.